The van der Waals surface area contributed by atoms with Gasteiger partial charge in [-0.1, -0.05) is 35.9 Å². The monoisotopic (exact) mass is 434 g/mol. The first kappa shape index (κ1) is 26.0. The van der Waals surface area contributed by atoms with Crippen LogP contribution in [-0.2, 0) is 11.2 Å². The molecule has 2 aromatic carbocycles. The lowest BCUT2D eigenvalue weighted by Gasteiger charge is -2.32. The highest BCUT2D eigenvalue weighted by atomic mass is 35.5. The van der Waals surface area contributed by atoms with Crippen LogP contribution in [0.5, 0.6) is 5.75 Å². The van der Waals surface area contributed by atoms with E-state index in [2.05, 4.69) is 12.8 Å². The summed E-state index contributed by atoms with van der Waals surface area (Å²) in [5.74, 6) is 0.857. The molecule has 1 aliphatic rings. The Hall–Kier alpha value is -2.07. The molecule has 0 aliphatic carbocycles. The summed E-state index contributed by atoms with van der Waals surface area (Å²) in [4.78, 5) is 0. The molecule has 3 rings (SSSR count). The van der Waals surface area contributed by atoms with Crippen LogP contribution in [0.15, 0.2) is 42.5 Å². The Bertz CT molecular complexity index is 760. The van der Waals surface area contributed by atoms with Crippen LogP contribution in [0.25, 0.3) is 0 Å². The fraction of sp³-hybridized carbons (Fsp3) is 0.417. The zero-order chi connectivity index (χ0) is 22.5. The van der Waals surface area contributed by atoms with Crippen LogP contribution in [0.4, 0.5) is 0 Å². The van der Waals surface area contributed by atoms with Crippen LogP contribution >= 0.6 is 11.6 Å². The summed E-state index contributed by atoms with van der Waals surface area (Å²) in [6.45, 7) is 2.53. The molecule has 0 spiro atoms. The second kappa shape index (κ2) is 14.0. The third-order valence-electron chi connectivity index (χ3n) is 4.65. The molecule has 0 amide bonds. The predicted molar refractivity (Wildman–Crippen MR) is 120 cm³/mol. The van der Waals surface area contributed by atoms with Crippen molar-refractivity contribution in [2.75, 3.05) is 20.3 Å². The normalized spacial score (nSPS) is 20.2. The van der Waals surface area contributed by atoms with Crippen molar-refractivity contribution in [1.29, 1.82) is 0 Å². The van der Waals surface area contributed by atoms with Gasteiger partial charge in [-0.15, -0.1) is 12.8 Å². The molecular formula is C24H31ClO5. The topological polar surface area (TPSA) is 79.2 Å². The standard InChI is InChI=1S/C21H25ClO4.C2H2.CH4O/c1-2-25-18-6-3-14(4-7-18)9-16-10-15(5-8-20(16)22)21-12-17(24)11-19(13-23)26-21;2*1-2/h3-8,10,17,19,21,23-24H,2,9,11-13H2,1H3;1-2H;2H,1H3/t17-,19-,21+;;/m0../s1. The minimum absolute atomic E-state index is 0.0831. The van der Waals surface area contributed by atoms with Gasteiger partial charge in [0.1, 0.15) is 5.75 Å². The number of terminal acetylenes is 1. The number of hydrogen-bond acceptors (Lipinski definition) is 5. The van der Waals surface area contributed by atoms with E-state index in [1.54, 1.807) is 0 Å². The molecule has 5 nitrogen and oxygen atoms in total. The molecule has 164 valence electrons. The van der Waals surface area contributed by atoms with Gasteiger partial charge in [0, 0.05) is 25.0 Å². The van der Waals surface area contributed by atoms with Crippen molar-refractivity contribution in [3.63, 3.8) is 0 Å². The highest BCUT2D eigenvalue weighted by molar-refractivity contribution is 6.31. The Morgan fingerprint density at radius 3 is 2.37 bits per heavy atom. The number of ether oxygens (including phenoxy) is 2. The van der Waals surface area contributed by atoms with Crippen molar-refractivity contribution in [1.82, 2.24) is 0 Å². The third kappa shape index (κ3) is 7.64. The smallest absolute Gasteiger partial charge is 0.119 e. The summed E-state index contributed by atoms with van der Waals surface area (Å²) in [7, 11) is 1.00. The van der Waals surface area contributed by atoms with Crippen molar-refractivity contribution in [2.45, 2.75) is 44.5 Å². The molecule has 3 atom stereocenters. The number of halogens is 1. The molecular weight excluding hydrogens is 404 g/mol. The molecule has 1 heterocycles. The zero-order valence-corrected chi connectivity index (χ0v) is 18.3. The minimum Gasteiger partial charge on any atom is -0.494 e. The first-order chi connectivity index (χ1) is 14.6. The average Bonchev–Trinajstić information content (AvgIpc) is 2.79. The molecule has 30 heavy (non-hydrogen) atoms. The highest BCUT2D eigenvalue weighted by Crippen LogP contribution is 2.33. The summed E-state index contributed by atoms with van der Waals surface area (Å²) < 4.78 is 11.4. The average molecular weight is 435 g/mol. The summed E-state index contributed by atoms with van der Waals surface area (Å²) in [6.07, 6.45) is 8.69. The maximum Gasteiger partial charge on any atom is 0.119 e. The zero-order valence-electron chi connectivity index (χ0n) is 17.5. The van der Waals surface area contributed by atoms with Crippen LogP contribution in [0.2, 0.25) is 5.02 Å². The van der Waals surface area contributed by atoms with Gasteiger partial charge in [-0.25, -0.2) is 0 Å². The predicted octanol–water partition coefficient (Wildman–Crippen LogP) is 3.76. The maximum absolute atomic E-state index is 10.0. The molecule has 0 radical (unpaired) electrons. The molecule has 1 aliphatic heterocycles. The molecule has 1 fully saturated rings. The number of benzene rings is 2. The second-order valence-electron chi connectivity index (χ2n) is 6.66. The first-order valence-corrected chi connectivity index (χ1v) is 10.2. The molecule has 2 aromatic rings. The quantitative estimate of drug-likeness (QED) is 0.603. The van der Waals surface area contributed by atoms with Gasteiger partial charge in [0.25, 0.3) is 0 Å². The van der Waals surface area contributed by atoms with Crippen LogP contribution in [0.3, 0.4) is 0 Å². The van der Waals surface area contributed by atoms with Crippen molar-refractivity contribution >= 4 is 11.6 Å². The fourth-order valence-electron chi connectivity index (χ4n) is 3.34. The Morgan fingerprint density at radius 2 is 1.77 bits per heavy atom. The summed E-state index contributed by atoms with van der Waals surface area (Å²) >= 11 is 6.40. The number of rotatable bonds is 6. The van der Waals surface area contributed by atoms with Gasteiger partial charge in [0.05, 0.1) is 31.5 Å². The van der Waals surface area contributed by atoms with Gasteiger partial charge in [0.15, 0.2) is 0 Å². The van der Waals surface area contributed by atoms with Gasteiger partial charge >= 0.3 is 0 Å². The lowest BCUT2D eigenvalue weighted by atomic mass is 9.94. The van der Waals surface area contributed by atoms with E-state index in [-0.39, 0.29) is 18.8 Å². The van der Waals surface area contributed by atoms with E-state index in [1.807, 2.05) is 49.4 Å². The van der Waals surface area contributed by atoms with Gasteiger partial charge in [-0.3, -0.25) is 0 Å². The van der Waals surface area contributed by atoms with Gasteiger partial charge in [-0.05, 0) is 48.2 Å². The van der Waals surface area contributed by atoms with Crippen LogP contribution in [-0.4, -0.2) is 47.9 Å². The Morgan fingerprint density at radius 1 is 1.10 bits per heavy atom. The Kier molecular flexibility index (Phi) is 12.1. The van der Waals surface area contributed by atoms with Crippen molar-refractivity contribution in [3.05, 3.63) is 64.2 Å². The van der Waals surface area contributed by atoms with E-state index in [4.69, 9.17) is 26.2 Å². The number of hydrogen-bond donors (Lipinski definition) is 3. The summed E-state index contributed by atoms with van der Waals surface area (Å²) in [5, 5.41) is 27.1. The van der Waals surface area contributed by atoms with E-state index >= 15 is 0 Å². The van der Waals surface area contributed by atoms with Crippen LogP contribution in [0, 0.1) is 12.8 Å². The highest BCUT2D eigenvalue weighted by Gasteiger charge is 2.29. The molecule has 3 N–H and O–H groups in total. The van der Waals surface area contributed by atoms with Gasteiger partial charge in [-0.2, -0.15) is 0 Å². The molecule has 0 bridgehead atoms. The van der Waals surface area contributed by atoms with E-state index in [0.29, 0.717) is 30.9 Å². The lowest BCUT2D eigenvalue weighted by molar-refractivity contribution is -0.113. The summed E-state index contributed by atoms with van der Waals surface area (Å²) in [5.41, 5.74) is 3.13. The molecule has 0 unspecified atom stereocenters. The lowest BCUT2D eigenvalue weighted by Crippen LogP contribution is -2.33. The van der Waals surface area contributed by atoms with E-state index in [0.717, 1.165) is 29.5 Å². The Balaban J connectivity index is 0.00000106. The van der Waals surface area contributed by atoms with Gasteiger partial charge in [0.2, 0.25) is 0 Å². The van der Waals surface area contributed by atoms with E-state index in [1.165, 1.54) is 0 Å². The van der Waals surface area contributed by atoms with Gasteiger partial charge < -0.3 is 24.8 Å². The second-order valence-corrected chi connectivity index (χ2v) is 7.07. The minimum atomic E-state index is -0.462. The molecule has 1 saturated heterocycles. The third-order valence-corrected chi connectivity index (χ3v) is 5.02. The molecule has 0 saturated carbocycles. The van der Waals surface area contributed by atoms with E-state index in [9.17, 15) is 10.2 Å². The summed E-state index contributed by atoms with van der Waals surface area (Å²) in [6, 6.07) is 13.8. The first-order valence-electron chi connectivity index (χ1n) is 9.81. The van der Waals surface area contributed by atoms with Crippen molar-refractivity contribution in [2.24, 2.45) is 0 Å². The van der Waals surface area contributed by atoms with Crippen molar-refractivity contribution < 1.29 is 24.8 Å². The van der Waals surface area contributed by atoms with Crippen LogP contribution < -0.4 is 4.74 Å². The Labute approximate surface area is 184 Å². The fourth-order valence-corrected chi connectivity index (χ4v) is 3.53. The number of aliphatic hydroxyl groups excluding tert-OH is 3. The molecule has 6 heteroatoms. The van der Waals surface area contributed by atoms with Crippen molar-refractivity contribution in [3.8, 4) is 18.6 Å². The maximum atomic E-state index is 10.0. The SMILES string of the molecule is C#C.CCOc1ccc(Cc2cc([C@H]3C[C@@H](O)C[C@@H](CO)O3)ccc2Cl)cc1.CO. The largest absolute Gasteiger partial charge is 0.494 e. The van der Waals surface area contributed by atoms with Crippen LogP contribution in [0.1, 0.15) is 42.6 Å². The number of aliphatic hydroxyl groups is 3. The molecule has 0 aromatic heterocycles. The van der Waals surface area contributed by atoms with E-state index < -0.39 is 6.10 Å².